The number of hydrogen-bond donors (Lipinski definition) is 0. The highest BCUT2D eigenvalue weighted by Crippen LogP contribution is 2.35. The standard InChI is InChI=1S/C26H15NO2/c27-15-22(16-9-11-25-20(13-16)18-5-1-3-7-23(18)28-25)17-10-12-26-21(14-17)19-6-2-4-8-24(19)29-26/h1-14,22H. The number of hydrogen-bond acceptors (Lipinski definition) is 3. The Morgan fingerprint density at radius 1 is 0.552 bits per heavy atom. The van der Waals surface area contributed by atoms with Gasteiger partial charge in [-0.2, -0.15) is 5.26 Å². The Morgan fingerprint density at radius 3 is 1.48 bits per heavy atom. The van der Waals surface area contributed by atoms with Crippen LogP contribution in [0.5, 0.6) is 0 Å². The second-order valence-corrected chi connectivity index (χ2v) is 7.27. The quantitative estimate of drug-likeness (QED) is 0.324. The van der Waals surface area contributed by atoms with Gasteiger partial charge < -0.3 is 8.83 Å². The van der Waals surface area contributed by atoms with E-state index in [9.17, 15) is 5.26 Å². The minimum Gasteiger partial charge on any atom is -0.456 e. The summed E-state index contributed by atoms with van der Waals surface area (Å²) >= 11 is 0. The van der Waals surface area contributed by atoms with Crippen LogP contribution in [0.25, 0.3) is 43.9 Å². The molecular weight excluding hydrogens is 358 g/mol. The Bertz CT molecular complexity index is 1470. The summed E-state index contributed by atoms with van der Waals surface area (Å²) in [6, 6.07) is 30.5. The lowest BCUT2D eigenvalue weighted by atomic mass is 9.90. The van der Waals surface area contributed by atoms with Gasteiger partial charge in [0.25, 0.3) is 0 Å². The number of nitriles is 1. The summed E-state index contributed by atoms with van der Waals surface area (Å²) in [5.74, 6) is -0.369. The Balaban J connectivity index is 1.54. The molecule has 0 unspecified atom stereocenters. The van der Waals surface area contributed by atoms with Gasteiger partial charge in [0.05, 0.1) is 12.0 Å². The highest BCUT2D eigenvalue weighted by Gasteiger charge is 2.18. The summed E-state index contributed by atoms with van der Waals surface area (Å²) in [6.45, 7) is 0. The molecule has 136 valence electrons. The van der Waals surface area contributed by atoms with Crippen molar-refractivity contribution in [3.8, 4) is 6.07 Å². The Labute approximate surface area is 166 Å². The largest absolute Gasteiger partial charge is 0.456 e. The summed E-state index contributed by atoms with van der Waals surface area (Å²) < 4.78 is 11.9. The maximum Gasteiger partial charge on any atom is 0.135 e. The Kier molecular flexibility index (Phi) is 3.30. The van der Waals surface area contributed by atoms with Crippen molar-refractivity contribution in [2.75, 3.05) is 0 Å². The van der Waals surface area contributed by atoms with Crippen LogP contribution in [0.15, 0.2) is 93.8 Å². The highest BCUT2D eigenvalue weighted by atomic mass is 16.3. The summed E-state index contributed by atoms with van der Waals surface area (Å²) in [5.41, 5.74) is 5.31. The maximum absolute atomic E-state index is 10.0. The fourth-order valence-electron chi connectivity index (χ4n) is 4.19. The van der Waals surface area contributed by atoms with E-state index in [1.807, 2.05) is 60.7 Å². The molecule has 2 heterocycles. The smallest absolute Gasteiger partial charge is 0.135 e. The van der Waals surface area contributed by atoms with E-state index in [0.29, 0.717) is 0 Å². The maximum atomic E-state index is 10.0. The van der Waals surface area contributed by atoms with Crippen LogP contribution < -0.4 is 0 Å². The zero-order valence-electron chi connectivity index (χ0n) is 15.4. The molecule has 6 rings (SSSR count). The van der Waals surface area contributed by atoms with Crippen LogP contribution >= 0.6 is 0 Å². The second kappa shape index (κ2) is 5.98. The molecule has 0 bridgehead atoms. The van der Waals surface area contributed by atoms with Crippen LogP contribution in [0, 0.1) is 11.3 Å². The fourth-order valence-corrected chi connectivity index (χ4v) is 4.19. The first kappa shape index (κ1) is 16.0. The van der Waals surface area contributed by atoms with Gasteiger partial charge in [-0.15, -0.1) is 0 Å². The van der Waals surface area contributed by atoms with Gasteiger partial charge in [-0.25, -0.2) is 0 Å². The van der Waals surface area contributed by atoms with E-state index in [1.54, 1.807) is 0 Å². The van der Waals surface area contributed by atoms with Crippen molar-refractivity contribution in [3.63, 3.8) is 0 Å². The molecule has 3 nitrogen and oxygen atoms in total. The summed E-state index contributed by atoms with van der Waals surface area (Å²) in [6.07, 6.45) is 0. The molecule has 0 N–H and O–H groups in total. The van der Waals surface area contributed by atoms with Gasteiger partial charge in [0.15, 0.2) is 0 Å². The molecule has 0 radical (unpaired) electrons. The van der Waals surface area contributed by atoms with E-state index in [2.05, 4.69) is 30.3 Å². The monoisotopic (exact) mass is 373 g/mol. The van der Waals surface area contributed by atoms with Gasteiger partial charge in [-0.3, -0.25) is 0 Å². The topological polar surface area (TPSA) is 50.1 Å². The predicted octanol–water partition coefficient (Wildman–Crippen LogP) is 7.14. The summed E-state index contributed by atoms with van der Waals surface area (Å²) in [4.78, 5) is 0. The van der Waals surface area contributed by atoms with E-state index in [4.69, 9.17) is 8.83 Å². The molecule has 0 saturated carbocycles. The van der Waals surface area contributed by atoms with Crippen molar-refractivity contribution >= 4 is 43.9 Å². The molecule has 0 spiro atoms. The van der Waals surface area contributed by atoms with Crippen molar-refractivity contribution in [3.05, 3.63) is 96.1 Å². The van der Waals surface area contributed by atoms with E-state index >= 15 is 0 Å². The van der Waals surface area contributed by atoms with Gasteiger partial charge in [-0.1, -0.05) is 48.5 Å². The molecule has 0 aliphatic carbocycles. The molecule has 3 heteroatoms. The van der Waals surface area contributed by atoms with E-state index in [1.165, 1.54) is 0 Å². The number of furan rings is 2. The highest BCUT2D eigenvalue weighted by molar-refractivity contribution is 6.06. The third-order valence-corrected chi connectivity index (χ3v) is 5.60. The van der Waals surface area contributed by atoms with Crippen LogP contribution in [0.3, 0.4) is 0 Å². The van der Waals surface area contributed by atoms with Crippen molar-refractivity contribution in [2.45, 2.75) is 5.92 Å². The van der Waals surface area contributed by atoms with Crippen LogP contribution in [0.1, 0.15) is 17.0 Å². The molecule has 0 amide bonds. The molecule has 0 aliphatic rings. The summed E-state index contributed by atoms with van der Waals surface area (Å²) in [7, 11) is 0. The second-order valence-electron chi connectivity index (χ2n) is 7.27. The minimum absolute atomic E-state index is 0.369. The predicted molar refractivity (Wildman–Crippen MR) is 115 cm³/mol. The van der Waals surface area contributed by atoms with Gasteiger partial charge in [0, 0.05) is 21.5 Å². The lowest BCUT2D eigenvalue weighted by Crippen LogP contribution is -1.97. The Morgan fingerprint density at radius 2 is 1.00 bits per heavy atom. The van der Waals surface area contributed by atoms with E-state index in [-0.39, 0.29) is 5.92 Å². The lowest BCUT2D eigenvalue weighted by Gasteiger charge is -2.10. The zero-order chi connectivity index (χ0) is 19.4. The van der Waals surface area contributed by atoms with Crippen LogP contribution in [-0.4, -0.2) is 0 Å². The molecule has 4 aromatic carbocycles. The van der Waals surface area contributed by atoms with Gasteiger partial charge in [0.2, 0.25) is 0 Å². The molecular formula is C26H15NO2. The van der Waals surface area contributed by atoms with Gasteiger partial charge in [-0.05, 0) is 47.5 Å². The SMILES string of the molecule is N#CC(c1ccc2oc3ccccc3c2c1)c1ccc2oc3ccccc3c2c1. The van der Waals surface area contributed by atoms with Crippen LogP contribution in [0.2, 0.25) is 0 Å². The van der Waals surface area contributed by atoms with Gasteiger partial charge >= 0.3 is 0 Å². The van der Waals surface area contributed by atoms with E-state index < -0.39 is 0 Å². The first-order valence-electron chi connectivity index (χ1n) is 9.54. The Hall–Kier alpha value is -4.03. The average molecular weight is 373 g/mol. The molecule has 0 atom stereocenters. The third-order valence-electron chi connectivity index (χ3n) is 5.60. The normalized spacial score (nSPS) is 11.7. The third kappa shape index (κ3) is 2.36. The molecule has 0 aliphatic heterocycles. The van der Waals surface area contributed by atoms with Crippen molar-refractivity contribution in [2.24, 2.45) is 0 Å². The molecule has 6 aromatic rings. The van der Waals surface area contributed by atoms with Crippen molar-refractivity contribution in [1.82, 2.24) is 0 Å². The molecule has 29 heavy (non-hydrogen) atoms. The number of nitrogens with zero attached hydrogens (tertiary/aromatic N) is 1. The first-order chi connectivity index (χ1) is 14.3. The van der Waals surface area contributed by atoms with Crippen LogP contribution in [-0.2, 0) is 0 Å². The summed E-state index contributed by atoms with van der Waals surface area (Å²) in [5, 5.41) is 14.2. The molecule has 2 aromatic heterocycles. The molecule has 0 saturated heterocycles. The minimum atomic E-state index is -0.369. The number of fused-ring (bicyclic) bond motifs is 6. The molecule has 0 fully saturated rings. The zero-order valence-corrected chi connectivity index (χ0v) is 15.4. The lowest BCUT2D eigenvalue weighted by molar-refractivity contribution is 0.668. The van der Waals surface area contributed by atoms with Gasteiger partial charge in [0.1, 0.15) is 22.3 Å². The first-order valence-corrected chi connectivity index (χ1v) is 9.54. The fraction of sp³-hybridized carbons (Fsp3) is 0.0385. The number of rotatable bonds is 2. The van der Waals surface area contributed by atoms with E-state index in [0.717, 1.165) is 55.0 Å². The number of benzene rings is 4. The average Bonchev–Trinajstić information content (AvgIpc) is 3.32. The van der Waals surface area contributed by atoms with Crippen LogP contribution in [0.4, 0.5) is 0 Å². The van der Waals surface area contributed by atoms with Crippen molar-refractivity contribution < 1.29 is 8.83 Å². The van der Waals surface area contributed by atoms with Crippen molar-refractivity contribution in [1.29, 1.82) is 5.26 Å². The number of para-hydroxylation sites is 2.